The lowest BCUT2D eigenvalue weighted by Crippen LogP contribution is -2.01. The quantitative estimate of drug-likeness (QED) is 0.481. The molecule has 0 bridgehead atoms. The van der Waals surface area contributed by atoms with Gasteiger partial charge >= 0.3 is 0 Å². The van der Waals surface area contributed by atoms with Gasteiger partial charge in [-0.2, -0.15) is 0 Å². The molecular formula is C8H6BClN2O. The standard InChI is InChI=1S/C8H6BClN2O/c9-5-1-4-3-11-8(10)12-7(4)6(13)2-5/h1-3,13H,9H2. The number of hydrogen-bond acceptors (Lipinski definition) is 3. The summed E-state index contributed by atoms with van der Waals surface area (Å²) >= 11 is 5.60. The second-order valence-electron chi connectivity index (χ2n) is 2.86. The van der Waals surface area contributed by atoms with Crippen LogP contribution >= 0.6 is 11.6 Å². The Morgan fingerprint density at radius 2 is 2.15 bits per heavy atom. The lowest BCUT2D eigenvalue weighted by atomic mass is 9.94. The molecule has 2 aromatic rings. The first-order chi connectivity index (χ1) is 6.16. The molecule has 0 unspecified atom stereocenters. The van der Waals surface area contributed by atoms with Gasteiger partial charge in [0.2, 0.25) is 5.28 Å². The summed E-state index contributed by atoms with van der Waals surface area (Å²) in [7, 11) is 1.90. The zero-order valence-electron chi connectivity index (χ0n) is 6.95. The summed E-state index contributed by atoms with van der Waals surface area (Å²) in [4.78, 5) is 7.75. The highest BCUT2D eigenvalue weighted by Crippen LogP contribution is 2.20. The van der Waals surface area contributed by atoms with E-state index in [1.807, 2.05) is 13.9 Å². The van der Waals surface area contributed by atoms with E-state index in [1.54, 1.807) is 12.3 Å². The van der Waals surface area contributed by atoms with Gasteiger partial charge in [-0.1, -0.05) is 11.5 Å². The van der Waals surface area contributed by atoms with Gasteiger partial charge < -0.3 is 5.11 Å². The zero-order valence-corrected chi connectivity index (χ0v) is 7.71. The number of rotatable bonds is 0. The third-order valence-corrected chi connectivity index (χ3v) is 1.96. The van der Waals surface area contributed by atoms with Crippen LogP contribution in [-0.4, -0.2) is 22.9 Å². The molecule has 0 aliphatic rings. The molecule has 0 atom stereocenters. The van der Waals surface area contributed by atoms with Gasteiger partial charge in [0.25, 0.3) is 0 Å². The van der Waals surface area contributed by atoms with Crippen LogP contribution in [0, 0.1) is 0 Å². The minimum absolute atomic E-state index is 0.138. The van der Waals surface area contributed by atoms with E-state index in [2.05, 4.69) is 9.97 Å². The van der Waals surface area contributed by atoms with Gasteiger partial charge in [0.1, 0.15) is 19.1 Å². The summed E-state index contributed by atoms with van der Waals surface area (Å²) in [6, 6.07) is 3.54. The van der Waals surface area contributed by atoms with Gasteiger partial charge in [-0.15, -0.1) is 0 Å². The number of nitrogens with zero attached hydrogens (tertiary/aromatic N) is 2. The van der Waals surface area contributed by atoms with E-state index in [0.29, 0.717) is 5.52 Å². The highest BCUT2D eigenvalue weighted by molar-refractivity contribution is 6.33. The van der Waals surface area contributed by atoms with E-state index >= 15 is 0 Å². The van der Waals surface area contributed by atoms with Crippen molar-refractivity contribution in [3.05, 3.63) is 23.6 Å². The fourth-order valence-electron chi connectivity index (χ4n) is 1.25. The molecule has 0 aliphatic heterocycles. The predicted octanol–water partition coefficient (Wildman–Crippen LogP) is 0.247. The number of aromatic hydroxyl groups is 1. The minimum Gasteiger partial charge on any atom is -0.506 e. The van der Waals surface area contributed by atoms with Gasteiger partial charge in [-0.3, -0.25) is 0 Å². The maximum Gasteiger partial charge on any atom is 0.223 e. The van der Waals surface area contributed by atoms with Crippen LogP contribution in [0.2, 0.25) is 5.28 Å². The number of fused-ring (bicyclic) bond motifs is 1. The van der Waals surface area contributed by atoms with E-state index in [0.717, 1.165) is 10.8 Å². The molecule has 1 aromatic carbocycles. The van der Waals surface area contributed by atoms with Crippen molar-refractivity contribution in [3.8, 4) is 5.75 Å². The number of halogens is 1. The summed E-state index contributed by atoms with van der Waals surface area (Å²) in [5.41, 5.74) is 1.46. The summed E-state index contributed by atoms with van der Waals surface area (Å²) in [6.07, 6.45) is 1.59. The van der Waals surface area contributed by atoms with Crippen molar-refractivity contribution in [3.63, 3.8) is 0 Å². The molecule has 5 heteroatoms. The number of benzene rings is 1. The fourth-order valence-corrected chi connectivity index (χ4v) is 1.38. The van der Waals surface area contributed by atoms with Crippen LogP contribution in [0.3, 0.4) is 0 Å². The maximum atomic E-state index is 9.53. The first-order valence-electron chi connectivity index (χ1n) is 3.78. The first-order valence-corrected chi connectivity index (χ1v) is 4.16. The Bertz CT molecular complexity index is 475. The average molecular weight is 192 g/mol. The smallest absolute Gasteiger partial charge is 0.223 e. The van der Waals surface area contributed by atoms with Gasteiger partial charge in [0, 0.05) is 11.6 Å². The van der Waals surface area contributed by atoms with Gasteiger partial charge in [0.05, 0.1) is 0 Å². The van der Waals surface area contributed by atoms with Crippen molar-refractivity contribution in [2.75, 3.05) is 0 Å². The lowest BCUT2D eigenvalue weighted by Gasteiger charge is -2.01. The number of aromatic nitrogens is 2. The molecule has 0 saturated heterocycles. The van der Waals surface area contributed by atoms with Crippen LogP contribution in [0.25, 0.3) is 10.9 Å². The Kier molecular flexibility index (Phi) is 1.85. The van der Waals surface area contributed by atoms with E-state index in [9.17, 15) is 5.11 Å². The molecule has 13 heavy (non-hydrogen) atoms. The van der Waals surface area contributed by atoms with Crippen molar-refractivity contribution in [2.45, 2.75) is 0 Å². The first kappa shape index (κ1) is 8.32. The molecule has 1 heterocycles. The third kappa shape index (κ3) is 1.45. The molecule has 0 amide bonds. The number of phenols is 1. The normalized spacial score (nSPS) is 10.5. The number of hydrogen-bond donors (Lipinski definition) is 1. The van der Waals surface area contributed by atoms with Crippen molar-refractivity contribution < 1.29 is 5.11 Å². The molecule has 64 valence electrons. The average Bonchev–Trinajstić information content (AvgIpc) is 2.06. The maximum absolute atomic E-state index is 9.53. The van der Waals surface area contributed by atoms with Crippen molar-refractivity contribution in [2.24, 2.45) is 0 Å². The summed E-state index contributed by atoms with van der Waals surface area (Å²) in [5.74, 6) is 0.138. The highest BCUT2D eigenvalue weighted by Gasteiger charge is 2.03. The third-order valence-electron chi connectivity index (χ3n) is 1.78. The van der Waals surface area contributed by atoms with Crippen LogP contribution < -0.4 is 5.46 Å². The van der Waals surface area contributed by atoms with Crippen molar-refractivity contribution >= 4 is 35.8 Å². The molecule has 0 saturated carbocycles. The Balaban J connectivity index is 2.87. The molecule has 1 aromatic heterocycles. The van der Waals surface area contributed by atoms with Crippen LogP contribution in [0.15, 0.2) is 18.3 Å². The lowest BCUT2D eigenvalue weighted by molar-refractivity contribution is 0.481. The summed E-state index contributed by atoms with van der Waals surface area (Å²) in [5, 5.41) is 10.5. The molecule has 3 nitrogen and oxygen atoms in total. The van der Waals surface area contributed by atoms with E-state index in [4.69, 9.17) is 11.6 Å². The van der Waals surface area contributed by atoms with Crippen LogP contribution in [0.1, 0.15) is 0 Å². The van der Waals surface area contributed by atoms with Crippen LogP contribution in [0.5, 0.6) is 5.75 Å². The fraction of sp³-hybridized carbons (Fsp3) is 0. The Morgan fingerprint density at radius 1 is 1.38 bits per heavy atom. The largest absolute Gasteiger partial charge is 0.506 e. The molecule has 0 spiro atoms. The Morgan fingerprint density at radius 3 is 2.92 bits per heavy atom. The molecule has 1 N–H and O–H groups in total. The monoisotopic (exact) mass is 192 g/mol. The van der Waals surface area contributed by atoms with Crippen LogP contribution in [-0.2, 0) is 0 Å². The van der Waals surface area contributed by atoms with Gasteiger partial charge in [-0.05, 0) is 17.7 Å². The Hall–Kier alpha value is -1.29. The summed E-state index contributed by atoms with van der Waals surface area (Å²) < 4.78 is 0. The Labute approximate surface area is 80.8 Å². The molecule has 0 fully saturated rings. The SMILES string of the molecule is Bc1cc(O)c2nc(Cl)ncc2c1. The molecular weight excluding hydrogens is 186 g/mol. The van der Waals surface area contributed by atoms with Crippen molar-refractivity contribution in [1.29, 1.82) is 0 Å². The topological polar surface area (TPSA) is 46.0 Å². The highest BCUT2D eigenvalue weighted by atomic mass is 35.5. The second-order valence-corrected chi connectivity index (χ2v) is 3.20. The summed E-state index contributed by atoms with van der Waals surface area (Å²) in [6.45, 7) is 0. The second kappa shape index (κ2) is 2.89. The predicted molar refractivity (Wildman–Crippen MR) is 54.4 cm³/mol. The minimum atomic E-state index is 0.138. The number of phenolic OH excluding ortho intramolecular Hbond substituents is 1. The van der Waals surface area contributed by atoms with Gasteiger partial charge in [0.15, 0.2) is 0 Å². The van der Waals surface area contributed by atoms with Crippen LogP contribution in [0.4, 0.5) is 0 Å². The molecule has 0 aliphatic carbocycles. The van der Waals surface area contributed by atoms with E-state index < -0.39 is 0 Å². The van der Waals surface area contributed by atoms with E-state index in [-0.39, 0.29) is 11.0 Å². The zero-order chi connectivity index (χ0) is 9.42. The molecule has 0 radical (unpaired) electrons. The van der Waals surface area contributed by atoms with Crippen molar-refractivity contribution in [1.82, 2.24) is 9.97 Å². The van der Waals surface area contributed by atoms with E-state index in [1.165, 1.54) is 0 Å². The van der Waals surface area contributed by atoms with Gasteiger partial charge in [-0.25, -0.2) is 9.97 Å². The molecule has 2 rings (SSSR count).